The van der Waals surface area contributed by atoms with E-state index >= 15 is 0 Å². The molecule has 4 heteroatoms. The van der Waals surface area contributed by atoms with Crippen molar-refractivity contribution < 1.29 is 15.3 Å². The van der Waals surface area contributed by atoms with Crippen LogP contribution in [0.15, 0.2) is 12.2 Å². The fourth-order valence-electron chi connectivity index (χ4n) is 9.62. The van der Waals surface area contributed by atoms with Crippen molar-refractivity contribution >= 4 is 0 Å². The number of hydrogen-bond acceptors (Lipinski definition) is 4. The maximum Gasteiger partial charge on any atom is 0.0679 e. The Labute approximate surface area is 143 Å². The van der Waals surface area contributed by atoms with Gasteiger partial charge in [0, 0.05) is 24.4 Å². The Morgan fingerprint density at radius 3 is 2.75 bits per heavy atom. The topological polar surface area (TPSA) is 72.7 Å². The third kappa shape index (κ3) is 1.22. The van der Waals surface area contributed by atoms with Crippen LogP contribution in [0.4, 0.5) is 0 Å². The monoisotopic (exact) mass is 331 g/mol. The number of hydrogen-bond donors (Lipinski definition) is 4. The molecule has 4 N–H and O–H groups in total. The third-order valence-electron chi connectivity index (χ3n) is 9.68. The van der Waals surface area contributed by atoms with E-state index in [1.807, 2.05) is 0 Å². The Balaban J connectivity index is 1.63. The van der Waals surface area contributed by atoms with Gasteiger partial charge >= 0.3 is 0 Å². The predicted octanol–water partition coefficient (Wildman–Crippen LogP) is 1.06. The molecule has 7 rings (SSSR count). The van der Waals surface area contributed by atoms with E-state index in [1.165, 1.54) is 6.42 Å². The van der Waals surface area contributed by atoms with E-state index in [1.54, 1.807) is 0 Å². The van der Waals surface area contributed by atoms with Gasteiger partial charge in [0.2, 0.25) is 0 Å². The normalized spacial score (nSPS) is 69.1. The Morgan fingerprint density at radius 1 is 1.17 bits per heavy atom. The number of nitrogens with one attached hydrogen (secondary N) is 1. The molecule has 1 saturated heterocycles. The van der Waals surface area contributed by atoms with Gasteiger partial charge in [-0.1, -0.05) is 19.1 Å². The fourth-order valence-corrected chi connectivity index (χ4v) is 9.62. The average molecular weight is 331 g/mol. The molecule has 1 aliphatic heterocycles. The number of aliphatic hydroxyl groups is 3. The minimum absolute atomic E-state index is 0.00113. The summed E-state index contributed by atoms with van der Waals surface area (Å²) in [6.45, 7) is 7.52. The fraction of sp³-hybridized carbons (Fsp3) is 0.900. The highest BCUT2D eigenvalue weighted by Crippen LogP contribution is 2.81. The zero-order valence-electron chi connectivity index (χ0n) is 14.4. The summed E-state index contributed by atoms with van der Waals surface area (Å²) in [7, 11) is 0. The summed E-state index contributed by atoms with van der Waals surface area (Å²) in [6, 6.07) is 0.251. The molecule has 7 aliphatic rings. The van der Waals surface area contributed by atoms with E-state index < -0.39 is 12.2 Å². The average Bonchev–Trinajstić information content (AvgIpc) is 2.61. The molecule has 6 bridgehead atoms. The number of piperidine rings is 1. The van der Waals surface area contributed by atoms with Crippen molar-refractivity contribution in [2.24, 2.45) is 39.9 Å². The van der Waals surface area contributed by atoms with Crippen LogP contribution in [0.1, 0.15) is 39.0 Å². The van der Waals surface area contributed by atoms with Crippen molar-refractivity contribution in [2.45, 2.75) is 63.4 Å². The van der Waals surface area contributed by atoms with E-state index in [0.29, 0.717) is 5.92 Å². The van der Waals surface area contributed by atoms with Gasteiger partial charge in [-0.05, 0) is 60.2 Å². The molecule has 4 nitrogen and oxygen atoms in total. The van der Waals surface area contributed by atoms with Crippen LogP contribution in [0.3, 0.4) is 0 Å². The van der Waals surface area contributed by atoms with Crippen LogP contribution in [0.5, 0.6) is 0 Å². The van der Waals surface area contributed by atoms with Crippen molar-refractivity contribution in [3.63, 3.8) is 0 Å². The van der Waals surface area contributed by atoms with Gasteiger partial charge in [-0.2, -0.15) is 0 Å². The Morgan fingerprint density at radius 2 is 1.96 bits per heavy atom. The molecular weight excluding hydrogens is 302 g/mol. The minimum Gasteiger partial charge on any atom is -0.393 e. The van der Waals surface area contributed by atoms with Gasteiger partial charge in [-0.25, -0.2) is 0 Å². The molecule has 24 heavy (non-hydrogen) atoms. The smallest absolute Gasteiger partial charge is 0.0679 e. The molecule has 11 atom stereocenters. The second kappa shape index (κ2) is 3.95. The summed E-state index contributed by atoms with van der Waals surface area (Å²) in [5.74, 6) is 0.850. The number of aliphatic hydroxyl groups excluding tert-OH is 3. The molecule has 6 saturated carbocycles. The summed E-state index contributed by atoms with van der Waals surface area (Å²) in [4.78, 5) is 0. The highest BCUT2D eigenvalue weighted by Gasteiger charge is 2.82. The van der Waals surface area contributed by atoms with Gasteiger partial charge in [0.25, 0.3) is 0 Å². The van der Waals surface area contributed by atoms with Gasteiger partial charge in [0.15, 0.2) is 0 Å². The highest BCUT2D eigenvalue weighted by atomic mass is 16.3. The molecular formula is C20H29NO3. The zero-order valence-corrected chi connectivity index (χ0v) is 14.4. The molecule has 0 aromatic rings. The van der Waals surface area contributed by atoms with Crippen LogP contribution in [0.2, 0.25) is 0 Å². The Kier molecular flexibility index (Phi) is 2.42. The van der Waals surface area contributed by atoms with E-state index in [9.17, 15) is 15.3 Å². The molecule has 132 valence electrons. The lowest BCUT2D eigenvalue weighted by Crippen LogP contribution is -2.69. The maximum absolute atomic E-state index is 11.3. The van der Waals surface area contributed by atoms with Crippen molar-refractivity contribution in [2.75, 3.05) is 6.54 Å². The van der Waals surface area contributed by atoms with Crippen LogP contribution in [-0.4, -0.2) is 46.2 Å². The van der Waals surface area contributed by atoms with Crippen LogP contribution in [0, 0.1) is 39.9 Å². The van der Waals surface area contributed by atoms with E-state index in [4.69, 9.17) is 0 Å². The quantitative estimate of drug-likeness (QED) is 0.501. The van der Waals surface area contributed by atoms with Crippen molar-refractivity contribution in [3.8, 4) is 0 Å². The van der Waals surface area contributed by atoms with Crippen LogP contribution in [-0.2, 0) is 0 Å². The number of rotatable bonds is 0. The van der Waals surface area contributed by atoms with E-state index in [2.05, 4.69) is 18.8 Å². The largest absolute Gasteiger partial charge is 0.393 e. The second-order valence-corrected chi connectivity index (χ2v) is 10.4. The lowest BCUT2D eigenvalue weighted by Gasteiger charge is -2.67. The molecule has 0 amide bonds. The first kappa shape index (κ1) is 14.7. The molecule has 0 radical (unpaired) electrons. The van der Waals surface area contributed by atoms with Gasteiger partial charge in [0.05, 0.1) is 18.3 Å². The molecule has 1 heterocycles. The number of fused-ring (bicyclic) bond motifs is 1. The lowest BCUT2D eigenvalue weighted by atomic mass is 9.39. The standard InChI is InChI=1S/C20H29NO3/c1-9-5-19-4-3-11-18(2)6-10(22)7-20(11)16(19)15(24)12(9)14(23)13(19)17(20)21-8-18/h10-17,21-24H,1,3-8H2,2H3. The first-order valence-corrected chi connectivity index (χ1v) is 9.80. The van der Waals surface area contributed by atoms with Crippen LogP contribution < -0.4 is 5.32 Å². The van der Waals surface area contributed by atoms with Crippen LogP contribution >= 0.6 is 0 Å². The lowest BCUT2D eigenvalue weighted by molar-refractivity contribution is -0.223. The Bertz CT molecular complexity index is 651. The minimum atomic E-state index is -0.486. The van der Waals surface area contributed by atoms with Gasteiger partial charge in [0.1, 0.15) is 0 Å². The molecule has 11 unspecified atom stereocenters. The predicted molar refractivity (Wildman–Crippen MR) is 89.0 cm³/mol. The van der Waals surface area contributed by atoms with Gasteiger partial charge in [-0.3, -0.25) is 0 Å². The summed E-state index contributed by atoms with van der Waals surface area (Å²) >= 11 is 0. The second-order valence-electron chi connectivity index (χ2n) is 10.4. The van der Waals surface area contributed by atoms with Crippen LogP contribution in [0.25, 0.3) is 0 Å². The SMILES string of the molecule is C=C1CC23CCC4C5(C)CNC6C2C(O)C1C(O)C3C64CC(O)C5. The van der Waals surface area contributed by atoms with Gasteiger partial charge < -0.3 is 20.6 Å². The van der Waals surface area contributed by atoms with Crippen molar-refractivity contribution in [1.82, 2.24) is 5.32 Å². The molecule has 0 aromatic carbocycles. The molecule has 0 aromatic heterocycles. The van der Waals surface area contributed by atoms with E-state index in [-0.39, 0.29) is 46.1 Å². The van der Waals surface area contributed by atoms with Crippen molar-refractivity contribution in [3.05, 3.63) is 12.2 Å². The highest BCUT2D eigenvalue weighted by molar-refractivity contribution is 5.37. The summed E-state index contributed by atoms with van der Waals surface area (Å²) < 4.78 is 0. The first-order chi connectivity index (χ1) is 11.4. The first-order valence-electron chi connectivity index (χ1n) is 9.80. The summed E-state index contributed by atoms with van der Waals surface area (Å²) in [5, 5.41) is 37.1. The van der Waals surface area contributed by atoms with E-state index in [0.717, 1.165) is 37.8 Å². The van der Waals surface area contributed by atoms with Gasteiger partial charge in [-0.15, -0.1) is 0 Å². The van der Waals surface area contributed by atoms with Crippen molar-refractivity contribution in [1.29, 1.82) is 0 Å². The molecule has 7 fully saturated rings. The summed E-state index contributed by atoms with van der Waals surface area (Å²) in [5.41, 5.74) is 1.15. The zero-order chi connectivity index (χ0) is 16.6. The molecule has 6 aliphatic carbocycles. The Hall–Kier alpha value is -0.420. The third-order valence-corrected chi connectivity index (χ3v) is 9.68. The maximum atomic E-state index is 11.3. The molecule has 2 spiro atoms. The summed E-state index contributed by atoms with van der Waals surface area (Å²) in [6.07, 6.45) is 3.72.